The van der Waals surface area contributed by atoms with Crippen LogP contribution in [0.25, 0.3) is 0 Å². The summed E-state index contributed by atoms with van der Waals surface area (Å²) in [5.41, 5.74) is 2.83. The number of fused-ring (bicyclic) bond motifs is 1. The number of nitrogens with one attached hydrogen (secondary N) is 1. The Balaban J connectivity index is 2.44. The Kier molecular flexibility index (Phi) is 2.35. The summed E-state index contributed by atoms with van der Waals surface area (Å²) in [4.78, 5) is 1.44. The van der Waals surface area contributed by atoms with Gasteiger partial charge in [0.2, 0.25) is 0 Å². The third-order valence-corrected chi connectivity index (χ3v) is 3.86. The highest BCUT2D eigenvalue weighted by Gasteiger charge is 2.28. The van der Waals surface area contributed by atoms with Gasteiger partial charge in [0.15, 0.2) is 0 Å². The fourth-order valence-electron chi connectivity index (χ4n) is 1.93. The molecule has 1 heterocycles. The highest BCUT2D eigenvalue weighted by molar-refractivity contribution is 8.00. The molecule has 1 aliphatic heterocycles. The van der Waals surface area contributed by atoms with Gasteiger partial charge in [-0.25, -0.2) is 0 Å². The standard InChI is InChI=1S/C11H15NS/c1-7-4-5-10-9(6-7)11(12-3)8(2)13-10/h4-6,8,11-12H,1-3H3. The van der Waals surface area contributed by atoms with Crippen LogP contribution in [0.3, 0.4) is 0 Å². The first kappa shape index (κ1) is 9.10. The van der Waals surface area contributed by atoms with Crippen LogP contribution in [0.1, 0.15) is 24.1 Å². The largest absolute Gasteiger partial charge is 0.312 e. The van der Waals surface area contributed by atoms with Crippen LogP contribution in [0.2, 0.25) is 0 Å². The maximum Gasteiger partial charge on any atom is 0.0450 e. The highest BCUT2D eigenvalue weighted by Crippen LogP contribution is 2.43. The molecule has 1 aliphatic rings. The molecule has 0 aromatic heterocycles. The van der Waals surface area contributed by atoms with Crippen LogP contribution >= 0.6 is 11.8 Å². The minimum atomic E-state index is 0.528. The molecule has 1 nitrogen and oxygen atoms in total. The lowest BCUT2D eigenvalue weighted by Gasteiger charge is -2.14. The Morgan fingerprint density at radius 3 is 2.85 bits per heavy atom. The van der Waals surface area contributed by atoms with Crippen LogP contribution in [-0.2, 0) is 0 Å². The van der Waals surface area contributed by atoms with Crippen LogP contribution in [-0.4, -0.2) is 12.3 Å². The van der Waals surface area contributed by atoms with E-state index in [4.69, 9.17) is 0 Å². The normalized spacial score (nSPS) is 26.1. The third-order valence-electron chi connectivity index (χ3n) is 2.59. The summed E-state index contributed by atoms with van der Waals surface area (Å²) < 4.78 is 0. The number of thioether (sulfide) groups is 1. The number of rotatable bonds is 1. The molecule has 0 aliphatic carbocycles. The Labute approximate surface area is 83.9 Å². The predicted molar refractivity (Wildman–Crippen MR) is 58.3 cm³/mol. The van der Waals surface area contributed by atoms with E-state index in [1.54, 1.807) is 0 Å². The lowest BCUT2D eigenvalue weighted by Crippen LogP contribution is -2.21. The lowest BCUT2D eigenvalue weighted by molar-refractivity contribution is 0.595. The molecule has 0 amide bonds. The first-order chi connectivity index (χ1) is 6.22. The summed E-state index contributed by atoms with van der Waals surface area (Å²) in [6.07, 6.45) is 0. The number of hydrogen-bond donors (Lipinski definition) is 1. The van der Waals surface area contributed by atoms with E-state index in [-0.39, 0.29) is 0 Å². The molecular formula is C11H15NS. The van der Waals surface area contributed by atoms with Gasteiger partial charge in [-0.15, -0.1) is 11.8 Å². The van der Waals surface area contributed by atoms with Gasteiger partial charge in [0.1, 0.15) is 0 Å². The Bertz CT molecular complexity index is 322. The summed E-state index contributed by atoms with van der Waals surface area (Å²) in [5, 5.41) is 4.03. The Morgan fingerprint density at radius 1 is 1.38 bits per heavy atom. The van der Waals surface area contributed by atoms with E-state index >= 15 is 0 Å². The second kappa shape index (κ2) is 3.35. The number of hydrogen-bond acceptors (Lipinski definition) is 2. The molecule has 0 bridgehead atoms. The second-order valence-corrected chi connectivity index (χ2v) is 5.05. The first-order valence-corrected chi connectivity index (χ1v) is 5.55. The van der Waals surface area contributed by atoms with Gasteiger partial charge in [0.05, 0.1) is 0 Å². The van der Waals surface area contributed by atoms with Gasteiger partial charge in [0.25, 0.3) is 0 Å². The van der Waals surface area contributed by atoms with Crippen LogP contribution in [0.5, 0.6) is 0 Å². The fourth-order valence-corrected chi connectivity index (χ4v) is 3.22. The number of aryl methyl sites for hydroxylation is 1. The molecule has 0 saturated carbocycles. The molecule has 2 unspecified atom stereocenters. The van der Waals surface area contributed by atoms with E-state index in [1.807, 2.05) is 18.8 Å². The highest BCUT2D eigenvalue weighted by atomic mass is 32.2. The van der Waals surface area contributed by atoms with Crippen molar-refractivity contribution >= 4 is 11.8 Å². The summed E-state index contributed by atoms with van der Waals surface area (Å²) in [6, 6.07) is 7.26. The predicted octanol–water partition coefficient (Wildman–Crippen LogP) is 2.75. The maximum atomic E-state index is 3.38. The van der Waals surface area contributed by atoms with Crippen molar-refractivity contribution in [2.75, 3.05) is 7.05 Å². The van der Waals surface area contributed by atoms with Gasteiger partial charge in [0, 0.05) is 16.2 Å². The van der Waals surface area contributed by atoms with Crippen molar-refractivity contribution in [2.45, 2.75) is 30.0 Å². The van der Waals surface area contributed by atoms with Gasteiger partial charge in [-0.05, 0) is 25.6 Å². The zero-order valence-corrected chi connectivity index (χ0v) is 9.11. The van der Waals surface area contributed by atoms with Gasteiger partial charge in [-0.3, -0.25) is 0 Å². The van der Waals surface area contributed by atoms with Crippen molar-refractivity contribution < 1.29 is 0 Å². The van der Waals surface area contributed by atoms with E-state index < -0.39 is 0 Å². The van der Waals surface area contributed by atoms with Crippen molar-refractivity contribution in [1.29, 1.82) is 0 Å². The van der Waals surface area contributed by atoms with Crippen LogP contribution < -0.4 is 5.32 Å². The topological polar surface area (TPSA) is 12.0 Å². The molecule has 2 heteroatoms. The Morgan fingerprint density at radius 2 is 2.15 bits per heavy atom. The molecule has 13 heavy (non-hydrogen) atoms. The summed E-state index contributed by atoms with van der Waals surface area (Å²) in [5.74, 6) is 0. The van der Waals surface area contributed by atoms with E-state index in [0.29, 0.717) is 11.3 Å². The van der Waals surface area contributed by atoms with Crippen molar-refractivity contribution in [3.8, 4) is 0 Å². The lowest BCUT2D eigenvalue weighted by atomic mass is 10.0. The zero-order chi connectivity index (χ0) is 9.42. The quantitative estimate of drug-likeness (QED) is 0.736. The average Bonchev–Trinajstić information content (AvgIpc) is 2.40. The van der Waals surface area contributed by atoms with Gasteiger partial charge in [-0.1, -0.05) is 24.6 Å². The Hall–Kier alpha value is -0.470. The van der Waals surface area contributed by atoms with Crippen molar-refractivity contribution in [2.24, 2.45) is 0 Å². The monoisotopic (exact) mass is 193 g/mol. The molecule has 2 atom stereocenters. The molecule has 1 N–H and O–H groups in total. The summed E-state index contributed by atoms with van der Waals surface area (Å²) in [6.45, 7) is 4.43. The average molecular weight is 193 g/mol. The third kappa shape index (κ3) is 1.49. The van der Waals surface area contributed by atoms with Crippen LogP contribution in [0.4, 0.5) is 0 Å². The van der Waals surface area contributed by atoms with Gasteiger partial charge >= 0.3 is 0 Å². The molecule has 1 aromatic rings. The molecule has 70 valence electrons. The number of benzene rings is 1. The smallest absolute Gasteiger partial charge is 0.0450 e. The first-order valence-electron chi connectivity index (χ1n) is 4.67. The fraction of sp³-hybridized carbons (Fsp3) is 0.455. The summed E-state index contributed by atoms with van der Waals surface area (Å²) >= 11 is 1.97. The van der Waals surface area contributed by atoms with E-state index in [0.717, 1.165) is 0 Å². The maximum absolute atomic E-state index is 3.38. The van der Waals surface area contributed by atoms with Gasteiger partial charge < -0.3 is 5.32 Å². The van der Waals surface area contributed by atoms with E-state index in [1.165, 1.54) is 16.0 Å². The van der Waals surface area contributed by atoms with Crippen molar-refractivity contribution in [3.05, 3.63) is 29.3 Å². The van der Waals surface area contributed by atoms with Gasteiger partial charge in [-0.2, -0.15) is 0 Å². The molecule has 1 aromatic carbocycles. The van der Waals surface area contributed by atoms with E-state index in [9.17, 15) is 0 Å². The van der Waals surface area contributed by atoms with Crippen molar-refractivity contribution in [3.63, 3.8) is 0 Å². The second-order valence-electron chi connectivity index (χ2n) is 3.63. The molecule has 0 fully saturated rings. The summed E-state index contributed by atoms with van der Waals surface area (Å²) in [7, 11) is 2.04. The minimum Gasteiger partial charge on any atom is -0.312 e. The zero-order valence-electron chi connectivity index (χ0n) is 8.29. The minimum absolute atomic E-state index is 0.528. The van der Waals surface area contributed by atoms with Crippen LogP contribution in [0, 0.1) is 6.92 Å². The molecule has 0 spiro atoms. The molecular weight excluding hydrogens is 178 g/mol. The van der Waals surface area contributed by atoms with E-state index in [2.05, 4.69) is 37.4 Å². The van der Waals surface area contributed by atoms with Crippen LogP contribution in [0.15, 0.2) is 23.1 Å². The SMILES string of the molecule is CNC1c2cc(C)ccc2SC1C. The van der Waals surface area contributed by atoms with Crippen molar-refractivity contribution in [1.82, 2.24) is 5.32 Å². The molecule has 2 rings (SSSR count). The molecule has 0 radical (unpaired) electrons. The molecule has 0 saturated heterocycles.